The Bertz CT molecular complexity index is 481. The molecule has 19 heavy (non-hydrogen) atoms. The Labute approximate surface area is 118 Å². The molecule has 102 valence electrons. The normalized spacial score (nSPS) is 12.5. The Morgan fingerprint density at radius 2 is 2.05 bits per heavy atom. The molecule has 1 unspecified atom stereocenters. The lowest BCUT2D eigenvalue weighted by Crippen LogP contribution is -2.23. The molecule has 0 bridgehead atoms. The molecule has 0 aliphatic rings. The lowest BCUT2D eigenvalue weighted by Gasteiger charge is -2.19. The number of halogens is 1. The predicted molar refractivity (Wildman–Crippen MR) is 80.1 cm³/mol. The van der Waals surface area contributed by atoms with Gasteiger partial charge in [-0.3, -0.25) is 0 Å². The highest BCUT2D eigenvalue weighted by atomic mass is 32.1. The minimum atomic E-state index is -0.109. The van der Waals surface area contributed by atoms with Crippen molar-refractivity contribution in [3.05, 3.63) is 58.0 Å². The smallest absolute Gasteiger partial charge is 0.127 e. The number of benzene rings is 1. The summed E-state index contributed by atoms with van der Waals surface area (Å²) in [4.78, 5) is 1.36. The molecule has 0 saturated carbocycles. The van der Waals surface area contributed by atoms with E-state index in [4.69, 9.17) is 0 Å². The average Bonchev–Trinajstić information content (AvgIpc) is 2.93. The van der Waals surface area contributed by atoms with E-state index in [0.717, 1.165) is 31.4 Å². The van der Waals surface area contributed by atoms with E-state index in [1.165, 1.54) is 4.88 Å². The van der Waals surface area contributed by atoms with Gasteiger partial charge in [-0.05, 0) is 43.3 Å². The molecule has 0 saturated heterocycles. The lowest BCUT2D eigenvalue weighted by molar-refractivity contribution is 0.475. The Balaban J connectivity index is 2.05. The Morgan fingerprint density at radius 3 is 2.74 bits per heavy atom. The van der Waals surface area contributed by atoms with E-state index in [-0.39, 0.29) is 11.9 Å². The maximum Gasteiger partial charge on any atom is 0.127 e. The van der Waals surface area contributed by atoms with Gasteiger partial charge in [0.05, 0.1) is 0 Å². The second-order valence-electron chi connectivity index (χ2n) is 4.65. The summed E-state index contributed by atoms with van der Waals surface area (Å²) in [6.45, 7) is 3.05. The first-order chi connectivity index (χ1) is 9.31. The molecule has 3 heteroatoms. The van der Waals surface area contributed by atoms with Gasteiger partial charge >= 0.3 is 0 Å². The van der Waals surface area contributed by atoms with Crippen LogP contribution in [0, 0.1) is 5.82 Å². The fourth-order valence-electron chi connectivity index (χ4n) is 2.19. The van der Waals surface area contributed by atoms with Crippen molar-refractivity contribution < 1.29 is 4.39 Å². The molecule has 2 aromatic rings. The summed E-state index contributed by atoms with van der Waals surface area (Å²) in [5, 5.41) is 5.54. The van der Waals surface area contributed by atoms with Crippen molar-refractivity contribution in [3.63, 3.8) is 0 Å². The SMILES string of the molecule is CCCNC(CCc1cccs1)c1ccccc1F. The van der Waals surface area contributed by atoms with E-state index in [1.54, 1.807) is 23.5 Å². The summed E-state index contributed by atoms with van der Waals surface area (Å²) in [7, 11) is 0. The highest BCUT2D eigenvalue weighted by molar-refractivity contribution is 7.09. The van der Waals surface area contributed by atoms with Gasteiger partial charge in [-0.2, -0.15) is 0 Å². The van der Waals surface area contributed by atoms with Gasteiger partial charge in [-0.25, -0.2) is 4.39 Å². The van der Waals surface area contributed by atoms with Crippen molar-refractivity contribution in [2.24, 2.45) is 0 Å². The molecule has 1 aromatic heterocycles. The van der Waals surface area contributed by atoms with Crippen LogP contribution in [0.4, 0.5) is 4.39 Å². The van der Waals surface area contributed by atoms with Crippen LogP contribution in [-0.2, 0) is 6.42 Å². The van der Waals surface area contributed by atoms with Crippen molar-refractivity contribution in [1.82, 2.24) is 5.32 Å². The molecule has 0 aliphatic carbocycles. The van der Waals surface area contributed by atoms with Crippen molar-refractivity contribution in [3.8, 4) is 0 Å². The summed E-state index contributed by atoms with van der Waals surface area (Å²) < 4.78 is 13.9. The molecular formula is C16H20FNS. The quantitative estimate of drug-likeness (QED) is 0.782. The molecular weight excluding hydrogens is 257 g/mol. The number of aryl methyl sites for hydroxylation is 1. The predicted octanol–water partition coefficient (Wildman–Crippen LogP) is 4.56. The van der Waals surface area contributed by atoms with E-state index < -0.39 is 0 Å². The third-order valence-corrected chi connectivity index (χ3v) is 4.12. The van der Waals surface area contributed by atoms with Crippen molar-refractivity contribution in [1.29, 1.82) is 0 Å². The Hall–Kier alpha value is -1.19. The molecule has 1 N–H and O–H groups in total. The van der Waals surface area contributed by atoms with Crippen LogP contribution in [0.2, 0.25) is 0 Å². The van der Waals surface area contributed by atoms with Gasteiger partial charge in [0.15, 0.2) is 0 Å². The first-order valence-electron chi connectivity index (χ1n) is 6.81. The molecule has 2 rings (SSSR count). The fraction of sp³-hybridized carbons (Fsp3) is 0.375. The highest BCUT2D eigenvalue weighted by Gasteiger charge is 2.14. The van der Waals surface area contributed by atoms with Gasteiger partial charge < -0.3 is 5.32 Å². The van der Waals surface area contributed by atoms with Crippen molar-refractivity contribution in [2.45, 2.75) is 32.2 Å². The number of thiophene rings is 1. The van der Waals surface area contributed by atoms with Crippen LogP contribution in [0.15, 0.2) is 41.8 Å². The van der Waals surface area contributed by atoms with Gasteiger partial charge in [-0.15, -0.1) is 11.3 Å². The zero-order chi connectivity index (χ0) is 13.5. The monoisotopic (exact) mass is 277 g/mol. The minimum Gasteiger partial charge on any atom is -0.310 e. The molecule has 0 radical (unpaired) electrons. The largest absolute Gasteiger partial charge is 0.310 e. The van der Waals surface area contributed by atoms with E-state index >= 15 is 0 Å². The molecule has 0 fully saturated rings. The standard InChI is InChI=1S/C16H20FNS/c1-2-11-18-16(10-9-13-6-5-12-19-13)14-7-3-4-8-15(14)17/h3-8,12,16,18H,2,9-11H2,1H3. The Morgan fingerprint density at radius 1 is 1.21 bits per heavy atom. The van der Waals surface area contributed by atoms with Crippen LogP contribution in [0.5, 0.6) is 0 Å². The molecule has 1 atom stereocenters. The number of rotatable bonds is 7. The van der Waals surface area contributed by atoms with Gasteiger partial charge in [0, 0.05) is 16.5 Å². The highest BCUT2D eigenvalue weighted by Crippen LogP contribution is 2.23. The van der Waals surface area contributed by atoms with Crippen molar-refractivity contribution >= 4 is 11.3 Å². The summed E-state index contributed by atoms with van der Waals surface area (Å²) >= 11 is 1.77. The summed E-state index contributed by atoms with van der Waals surface area (Å²) in [5.74, 6) is -0.109. The third-order valence-electron chi connectivity index (χ3n) is 3.18. The van der Waals surface area contributed by atoms with E-state index in [9.17, 15) is 4.39 Å². The molecule has 0 amide bonds. The van der Waals surface area contributed by atoms with Gasteiger partial charge in [0.2, 0.25) is 0 Å². The van der Waals surface area contributed by atoms with Crippen LogP contribution in [0.3, 0.4) is 0 Å². The van der Waals surface area contributed by atoms with Crippen LogP contribution in [0.1, 0.15) is 36.2 Å². The molecule has 1 aromatic carbocycles. The fourth-order valence-corrected chi connectivity index (χ4v) is 2.91. The van der Waals surface area contributed by atoms with Crippen LogP contribution < -0.4 is 5.32 Å². The van der Waals surface area contributed by atoms with Gasteiger partial charge in [0.25, 0.3) is 0 Å². The Kier molecular flexibility index (Phi) is 5.55. The molecule has 1 nitrogen and oxygen atoms in total. The maximum absolute atomic E-state index is 13.9. The average molecular weight is 277 g/mol. The maximum atomic E-state index is 13.9. The lowest BCUT2D eigenvalue weighted by atomic mass is 10.0. The summed E-state index contributed by atoms with van der Waals surface area (Å²) in [6, 6.07) is 11.4. The van der Waals surface area contributed by atoms with E-state index in [1.807, 2.05) is 12.1 Å². The van der Waals surface area contributed by atoms with E-state index in [0.29, 0.717) is 0 Å². The number of nitrogens with one attached hydrogen (secondary N) is 1. The van der Waals surface area contributed by atoms with Gasteiger partial charge in [-0.1, -0.05) is 31.2 Å². The van der Waals surface area contributed by atoms with Crippen LogP contribution in [-0.4, -0.2) is 6.54 Å². The van der Waals surface area contributed by atoms with Gasteiger partial charge in [0.1, 0.15) is 5.82 Å². The second kappa shape index (κ2) is 7.41. The zero-order valence-electron chi connectivity index (χ0n) is 11.2. The molecule has 1 heterocycles. The van der Waals surface area contributed by atoms with Crippen LogP contribution in [0.25, 0.3) is 0 Å². The number of hydrogen-bond donors (Lipinski definition) is 1. The number of hydrogen-bond acceptors (Lipinski definition) is 2. The second-order valence-corrected chi connectivity index (χ2v) is 5.68. The summed E-state index contributed by atoms with van der Waals surface area (Å²) in [5.41, 5.74) is 0.785. The summed E-state index contributed by atoms with van der Waals surface area (Å²) in [6.07, 6.45) is 2.98. The topological polar surface area (TPSA) is 12.0 Å². The first-order valence-corrected chi connectivity index (χ1v) is 7.69. The minimum absolute atomic E-state index is 0.100. The van der Waals surface area contributed by atoms with Crippen LogP contribution >= 0.6 is 11.3 Å². The third kappa shape index (κ3) is 4.15. The van der Waals surface area contributed by atoms with Crippen molar-refractivity contribution in [2.75, 3.05) is 6.54 Å². The molecule has 0 spiro atoms. The zero-order valence-corrected chi connectivity index (χ0v) is 12.0. The molecule has 0 aliphatic heterocycles. The van der Waals surface area contributed by atoms with E-state index in [2.05, 4.69) is 29.8 Å². The first kappa shape index (κ1) is 14.2.